The number of phenols is 1. The number of phenolic OH excluding ortho intramolecular Hbond substituents is 1. The van der Waals surface area contributed by atoms with E-state index in [9.17, 15) is 15.2 Å². The Kier molecular flexibility index (Phi) is 3.27. The lowest BCUT2D eigenvalue weighted by Crippen LogP contribution is -1.95. The molecule has 0 fully saturated rings. The van der Waals surface area contributed by atoms with Crippen LogP contribution in [0.1, 0.15) is 5.56 Å². The van der Waals surface area contributed by atoms with Crippen LogP contribution in [0.15, 0.2) is 22.7 Å². The lowest BCUT2D eigenvalue weighted by Gasteiger charge is -2.10. The van der Waals surface area contributed by atoms with E-state index in [4.69, 9.17) is 10.00 Å². The molecule has 0 atom stereocenters. The van der Waals surface area contributed by atoms with Gasteiger partial charge >= 0.3 is 0 Å². The van der Waals surface area contributed by atoms with Gasteiger partial charge in [-0.15, -0.1) is 0 Å². The van der Waals surface area contributed by atoms with Gasteiger partial charge in [0.05, 0.1) is 27.5 Å². The van der Waals surface area contributed by atoms with Gasteiger partial charge in [0, 0.05) is 11.5 Å². The average Bonchev–Trinajstić information content (AvgIpc) is 2.36. The van der Waals surface area contributed by atoms with Crippen molar-refractivity contribution in [3.63, 3.8) is 0 Å². The number of nitro groups is 1. The molecular weight excluding hydrogens is 316 g/mol. The van der Waals surface area contributed by atoms with Crippen LogP contribution in [0.3, 0.4) is 0 Å². The molecule has 2 aromatic carbocycles. The average molecular weight is 323 g/mol. The van der Waals surface area contributed by atoms with Crippen molar-refractivity contribution in [2.24, 2.45) is 0 Å². The van der Waals surface area contributed by atoms with Crippen molar-refractivity contribution in [2.45, 2.75) is 0 Å². The highest BCUT2D eigenvalue weighted by atomic mass is 79.9. The molecule has 0 heterocycles. The number of benzene rings is 2. The topological polar surface area (TPSA) is 96.4 Å². The molecule has 2 rings (SSSR count). The van der Waals surface area contributed by atoms with Crippen LogP contribution in [0.2, 0.25) is 0 Å². The first-order valence-electron chi connectivity index (χ1n) is 5.07. The highest BCUT2D eigenvalue weighted by molar-refractivity contribution is 9.10. The Bertz CT molecular complexity index is 737. The number of hydrogen-bond acceptors (Lipinski definition) is 5. The van der Waals surface area contributed by atoms with Crippen LogP contribution in [0.25, 0.3) is 10.8 Å². The molecular formula is C12H7BrN2O4. The Morgan fingerprint density at radius 2 is 2.16 bits per heavy atom. The SMILES string of the molecule is COc1c(Br)cc([N+](=O)[O-])c2c(C#N)cc(O)cc12. The number of non-ortho nitro benzene ring substituents is 1. The van der Waals surface area contributed by atoms with Crippen molar-refractivity contribution in [3.05, 3.63) is 38.3 Å². The highest BCUT2D eigenvalue weighted by Crippen LogP contribution is 2.42. The van der Waals surface area contributed by atoms with Gasteiger partial charge in [-0.05, 0) is 28.1 Å². The monoisotopic (exact) mass is 322 g/mol. The molecule has 0 aliphatic carbocycles. The lowest BCUT2D eigenvalue weighted by atomic mass is 10.0. The van der Waals surface area contributed by atoms with E-state index in [1.54, 1.807) is 0 Å². The minimum atomic E-state index is -0.579. The Morgan fingerprint density at radius 1 is 1.47 bits per heavy atom. The molecule has 0 spiro atoms. The molecule has 0 aliphatic rings. The number of nitriles is 1. The van der Waals surface area contributed by atoms with Crippen molar-refractivity contribution in [2.75, 3.05) is 7.11 Å². The third kappa shape index (κ3) is 2.06. The Hall–Kier alpha value is -2.33. The molecule has 0 radical (unpaired) electrons. The number of nitrogens with zero attached hydrogens (tertiary/aromatic N) is 2. The fourth-order valence-electron chi connectivity index (χ4n) is 1.91. The maximum atomic E-state index is 11.1. The zero-order valence-corrected chi connectivity index (χ0v) is 11.3. The Labute approximate surface area is 116 Å². The van der Waals surface area contributed by atoms with Crippen molar-refractivity contribution >= 4 is 32.4 Å². The van der Waals surface area contributed by atoms with Crippen LogP contribution in [0.5, 0.6) is 11.5 Å². The van der Waals surface area contributed by atoms with Crippen LogP contribution in [0.4, 0.5) is 5.69 Å². The Morgan fingerprint density at radius 3 is 2.68 bits per heavy atom. The van der Waals surface area contributed by atoms with Crippen molar-refractivity contribution in [1.82, 2.24) is 0 Å². The maximum absolute atomic E-state index is 11.1. The number of fused-ring (bicyclic) bond motifs is 1. The molecule has 19 heavy (non-hydrogen) atoms. The second-order valence-corrected chi connectivity index (χ2v) is 4.55. The van der Waals surface area contributed by atoms with E-state index in [1.807, 2.05) is 6.07 Å². The van der Waals surface area contributed by atoms with E-state index in [-0.39, 0.29) is 22.4 Å². The summed E-state index contributed by atoms with van der Waals surface area (Å²) < 4.78 is 5.54. The quantitative estimate of drug-likeness (QED) is 0.676. The van der Waals surface area contributed by atoms with E-state index in [0.29, 0.717) is 15.6 Å². The molecule has 0 saturated heterocycles. The first-order chi connectivity index (χ1) is 8.99. The van der Waals surface area contributed by atoms with E-state index >= 15 is 0 Å². The minimum absolute atomic E-state index is 0.0208. The molecule has 0 bridgehead atoms. The van der Waals surface area contributed by atoms with Crippen molar-refractivity contribution in [1.29, 1.82) is 5.26 Å². The minimum Gasteiger partial charge on any atom is -0.508 e. The third-order valence-corrected chi connectivity index (χ3v) is 3.21. The predicted octanol–water partition coefficient (Wildman–Crippen LogP) is 3.10. The molecule has 0 aliphatic heterocycles. The second kappa shape index (κ2) is 4.74. The van der Waals surface area contributed by atoms with Gasteiger partial charge in [-0.25, -0.2) is 0 Å². The van der Waals surface area contributed by atoms with Gasteiger partial charge in [-0.2, -0.15) is 5.26 Å². The number of methoxy groups -OCH3 is 1. The molecule has 7 heteroatoms. The number of rotatable bonds is 2. The normalized spacial score (nSPS) is 10.2. The van der Waals surface area contributed by atoms with Crippen LogP contribution in [0, 0.1) is 21.4 Å². The second-order valence-electron chi connectivity index (χ2n) is 3.70. The van der Waals surface area contributed by atoms with Crippen LogP contribution in [-0.4, -0.2) is 17.1 Å². The van der Waals surface area contributed by atoms with Gasteiger partial charge in [0.1, 0.15) is 17.6 Å². The summed E-state index contributed by atoms with van der Waals surface area (Å²) in [5, 5.41) is 30.2. The van der Waals surface area contributed by atoms with E-state index in [0.717, 1.165) is 0 Å². The van der Waals surface area contributed by atoms with Crippen LogP contribution >= 0.6 is 15.9 Å². The number of aromatic hydroxyl groups is 1. The van der Waals surface area contributed by atoms with Crippen LogP contribution < -0.4 is 4.74 Å². The number of hydrogen-bond donors (Lipinski definition) is 1. The molecule has 0 aromatic heterocycles. The summed E-state index contributed by atoms with van der Waals surface area (Å²) in [6, 6.07) is 5.63. The van der Waals surface area contributed by atoms with Crippen LogP contribution in [-0.2, 0) is 0 Å². The molecule has 0 amide bonds. The van der Waals surface area contributed by atoms with Gasteiger partial charge in [-0.1, -0.05) is 0 Å². The van der Waals surface area contributed by atoms with Gasteiger partial charge in [0.25, 0.3) is 5.69 Å². The number of halogens is 1. The van der Waals surface area contributed by atoms with E-state index in [1.165, 1.54) is 25.3 Å². The first kappa shape index (κ1) is 13.1. The summed E-state index contributed by atoms with van der Waals surface area (Å²) in [5.41, 5.74) is -0.202. The van der Waals surface area contributed by atoms with Gasteiger partial charge < -0.3 is 9.84 Å². The summed E-state index contributed by atoms with van der Waals surface area (Å²) in [6.07, 6.45) is 0. The molecule has 0 unspecified atom stereocenters. The van der Waals surface area contributed by atoms with Gasteiger partial charge in [-0.3, -0.25) is 10.1 Å². The largest absolute Gasteiger partial charge is 0.508 e. The fourth-order valence-corrected chi connectivity index (χ4v) is 2.50. The third-order valence-electron chi connectivity index (χ3n) is 2.63. The summed E-state index contributed by atoms with van der Waals surface area (Å²) in [4.78, 5) is 10.5. The van der Waals surface area contributed by atoms with E-state index < -0.39 is 4.92 Å². The highest BCUT2D eigenvalue weighted by Gasteiger charge is 2.22. The standard InChI is InChI=1S/C12H7BrN2O4/c1-19-12-8-3-7(16)2-6(5-14)11(8)10(15(17)18)4-9(12)13/h2-4,16H,1H3. The zero-order valence-electron chi connectivity index (χ0n) is 9.68. The van der Waals surface area contributed by atoms with Crippen molar-refractivity contribution in [3.8, 4) is 17.6 Å². The maximum Gasteiger partial charge on any atom is 0.279 e. The number of nitro benzene ring substituents is 1. The molecule has 2 aromatic rings. The summed E-state index contributed by atoms with van der Waals surface area (Å²) in [7, 11) is 1.40. The van der Waals surface area contributed by atoms with Gasteiger partial charge in [0.15, 0.2) is 0 Å². The summed E-state index contributed by atoms with van der Waals surface area (Å²) in [6.45, 7) is 0. The zero-order chi connectivity index (χ0) is 14.2. The first-order valence-corrected chi connectivity index (χ1v) is 5.86. The molecule has 0 saturated carbocycles. The smallest absolute Gasteiger partial charge is 0.279 e. The molecule has 96 valence electrons. The Balaban J connectivity index is 3.08. The summed E-state index contributed by atoms with van der Waals surface area (Å²) >= 11 is 3.17. The molecule has 6 nitrogen and oxygen atoms in total. The summed E-state index contributed by atoms with van der Waals surface area (Å²) in [5.74, 6) is 0.169. The van der Waals surface area contributed by atoms with E-state index in [2.05, 4.69) is 15.9 Å². The van der Waals surface area contributed by atoms with Gasteiger partial charge in [0.2, 0.25) is 0 Å². The van der Waals surface area contributed by atoms with Crippen molar-refractivity contribution < 1.29 is 14.8 Å². The predicted molar refractivity (Wildman–Crippen MR) is 71.2 cm³/mol. The number of ether oxygens (including phenoxy) is 1. The molecule has 1 N–H and O–H groups in total. The fraction of sp³-hybridized carbons (Fsp3) is 0.0833. The lowest BCUT2D eigenvalue weighted by molar-refractivity contribution is -0.383.